The predicted octanol–water partition coefficient (Wildman–Crippen LogP) is 5.87. The molecule has 7 nitrogen and oxygen atoms in total. The van der Waals surface area contributed by atoms with Crippen LogP contribution in [0.15, 0.2) is 53.9 Å². The number of nitrogens with zero attached hydrogens (tertiary/aromatic N) is 3. The van der Waals surface area contributed by atoms with Crippen molar-refractivity contribution in [1.82, 2.24) is 14.8 Å². The van der Waals surface area contributed by atoms with Crippen molar-refractivity contribution in [3.8, 4) is 11.1 Å². The van der Waals surface area contributed by atoms with Crippen molar-refractivity contribution in [3.05, 3.63) is 75.7 Å². The Morgan fingerprint density at radius 2 is 1.49 bits per heavy atom. The molecule has 41 heavy (non-hydrogen) atoms. The Hall–Kier alpha value is -3.73. The van der Waals surface area contributed by atoms with E-state index in [9.17, 15) is 27.6 Å². The third-order valence-corrected chi connectivity index (χ3v) is 8.88. The molecule has 5 rings (SSSR count). The second kappa shape index (κ2) is 12.0. The zero-order valence-electron chi connectivity index (χ0n) is 22.5. The van der Waals surface area contributed by atoms with E-state index in [1.165, 1.54) is 30.6 Å². The summed E-state index contributed by atoms with van der Waals surface area (Å²) in [5.74, 6) is -0.584. The van der Waals surface area contributed by atoms with Gasteiger partial charge in [0.1, 0.15) is 5.69 Å². The summed E-state index contributed by atoms with van der Waals surface area (Å²) in [5, 5.41) is 2.65. The average molecular weight is 586 g/mol. The topological polar surface area (TPSA) is 79.8 Å². The first-order chi connectivity index (χ1) is 19.7. The van der Waals surface area contributed by atoms with E-state index in [2.05, 4.69) is 4.98 Å². The number of alkyl halides is 3. The Morgan fingerprint density at radius 3 is 2.12 bits per heavy atom. The number of piperidine rings is 2. The normalized spacial score (nSPS) is 17.0. The number of methoxy groups -OCH3 is 1. The Balaban J connectivity index is 1.20. The van der Waals surface area contributed by atoms with Gasteiger partial charge >= 0.3 is 12.1 Å². The molecule has 2 fully saturated rings. The molecule has 216 valence electrons. The van der Waals surface area contributed by atoms with Crippen LogP contribution in [0.25, 0.3) is 11.1 Å². The van der Waals surface area contributed by atoms with Crippen LogP contribution in [0.2, 0.25) is 0 Å². The highest BCUT2D eigenvalue weighted by atomic mass is 32.1. The van der Waals surface area contributed by atoms with Gasteiger partial charge in [0.15, 0.2) is 0 Å². The molecule has 0 N–H and O–H groups in total. The summed E-state index contributed by atoms with van der Waals surface area (Å²) in [4.78, 5) is 46.4. The molecule has 11 heteroatoms. The molecule has 3 heterocycles. The third kappa shape index (κ3) is 6.29. The molecule has 0 radical (unpaired) electrons. The SMILES string of the molecule is COC(=O)C1CCN(C(=O)c2csc(C3CCN(C(=O)c4ccccc4-c4ccc(C(F)(F)F)cc4)CC3)n2)CC1. The molecule has 0 spiro atoms. The molecule has 0 bridgehead atoms. The number of rotatable bonds is 5. The van der Waals surface area contributed by atoms with Gasteiger partial charge in [-0.3, -0.25) is 14.4 Å². The number of thiazole rings is 1. The van der Waals surface area contributed by atoms with Crippen molar-refractivity contribution < 1.29 is 32.3 Å². The van der Waals surface area contributed by atoms with Gasteiger partial charge in [0.25, 0.3) is 11.8 Å². The number of benzene rings is 2. The van der Waals surface area contributed by atoms with Crippen molar-refractivity contribution in [3.63, 3.8) is 0 Å². The van der Waals surface area contributed by atoms with E-state index in [4.69, 9.17) is 4.74 Å². The number of hydrogen-bond donors (Lipinski definition) is 0. The van der Waals surface area contributed by atoms with Crippen molar-refractivity contribution in [2.24, 2.45) is 5.92 Å². The Labute approximate surface area is 239 Å². The molecule has 2 aliphatic rings. The summed E-state index contributed by atoms with van der Waals surface area (Å²) < 4.78 is 43.8. The highest BCUT2D eigenvalue weighted by Crippen LogP contribution is 2.34. The van der Waals surface area contributed by atoms with Gasteiger partial charge in [0, 0.05) is 43.0 Å². The van der Waals surface area contributed by atoms with E-state index in [1.807, 2.05) is 0 Å². The van der Waals surface area contributed by atoms with Gasteiger partial charge in [-0.1, -0.05) is 30.3 Å². The predicted molar refractivity (Wildman–Crippen MR) is 148 cm³/mol. The van der Waals surface area contributed by atoms with Crippen LogP contribution < -0.4 is 0 Å². The number of carbonyl (C=O) groups is 3. The molecular formula is C30H30F3N3O4S. The largest absolute Gasteiger partial charge is 0.469 e. The molecule has 2 saturated heterocycles. The fraction of sp³-hybridized carbons (Fsp3) is 0.400. The van der Waals surface area contributed by atoms with Gasteiger partial charge < -0.3 is 14.5 Å². The fourth-order valence-electron chi connectivity index (χ4n) is 5.48. The number of esters is 1. The number of ether oxygens (including phenoxy) is 1. The Bertz CT molecular complexity index is 1410. The minimum atomic E-state index is -4.42. The summed E-state index contributed by atoms with van der Waals surface area (Å²) >= 11 is 1.45. The standard InChI is InChI=1S/C30H30F3N3O4S/c1-40-29(39)21-12-16-36(17-13-21)28(38)25-18-41-26(34-25)20-10-14-35(15-11-20)27(37)24-5-3-2-4-23(24)19-6-8-22(9-7-19)30(31,32)33/h2-9,18,20-21H,10-17H2,1H3. The number of halogens is 3. The van der Waals surface area contributed by atoms with Crippen LogP contribution in [-0.4, -0.2) is 65.9 Å². The van der Waals surface area contributed by atoms with Gasteiger partial charge in [0.05, 0.1) is 23.6 Å². The molecular weight excluding hydrogens is 555 g/mol. The summed E-state index contributed by atoms with van der Waals surface area (Å²) in [6, 6.07) is 11.8. The zero-order chi connectivity index (χ0) is 29.1. The summed E-state index contributed by atoms with van der Waals surface area (Å²) in [6.07, 6.45) is -1.89. The molecule has 2 aliphatic heterocycles. The highest BCUT2D eigenvalue weighted by Gasteiger charge is 2.32. The third-order valence-electron chi connectivity index (χ3n) is 7.87. The second-order valence-electron chi connectivity index (χ2n) is 10.3. The maximum absolute atomic E-state index is 13.5. The average Bonchev–Trinajstić information content (AvgIpc) is 3.50. The van der Waals surface area contributed by atoms with E-state index in [0.29, 0.717) is 74.2 Å². The van der Waals surface area contributed by atoms with Gasteiger partial charge in [0.2, 0.25) is 0 Å². The number of carbonyl (C=O) groups excluding carboxylic acids is 3. The Kier molecular flexibility index (Phi) is 8.44. The number of amides is 2. The van der Waals surface area contributed by atoms with E-state index in [-0.39, 0.29) is 29.6 Å². The molecule has 2 amide bonds. The fourth-order valence-corrected chi connectivity index (χ4v) is 6.45. The lowest BCUT2D eigenvalue weighted by atomic mass is 9.94. The number of likely N-dealkylation sites (tertiary alicyclic amines) is 2. The van der Waals surface area contributed by atoms with E-state index < -0.39 is 11.7 Å². The molecule has 0 atom stereocenters. The van der Waals surface area contributed by atoms with Crippen molar-refractivity contribution in [2.75, 3.05) is 33.3 Å². The quantitative estimate of drug-likeness (QED) is 0.350. The van der Waals surface area contributed by atoms with E-state index >= 15 is 0 Å². The van der Waals surface area contributed by atoms with Crippen LogP contribution in [0.5, 0.6) is 0 Å². The second-order valence-corrected chi connectivity index (χ2v) is 11.2. The van der Waals surface area contributed by atoms with Gasteiger partial charge in [-0.2, -0.15) is 13.2 Å². The Morgan fingerprint density at radius 1 is 0.878 bits per heavy atom. The van der Waals surface area contributed by atoms with Crippen LogP contribution in [-0.2, 0) is 15.7 Å². The first-order valence-corrected chi connectivity index (χ1v) is 14.4. The van der Waals surface area contributed by atoms with Crippen molar-refractivity contribution >= 4 is 29.1 Å². The lowest BCUT2D eigenvalue weighted by Crippen LogP contribution is -2.40. The molecule has 1 aromatic heterocycles. The van der Waals surface area contributed by atoms with E-state index in [0.717, 1.165) is 17.1 Å². The summed E-state index contributed by atoms with van der Waals surface area (Å²) in [6.45, 7) is 1.99. The number of aromatic nitrogens is 1. The molecule has 0 saturated carbocycles. The summed E-state index contributed by atoms with van der Waals surface area (Å²) in [5.41, 5.74) is 1.26. The molecule has 0 aliphatic carbocycles. The van der Waals surface area contributed by atoms with E-state index in [1.54, 1.807) is 39.4 Å². The smallest absolute Gasteiger partial charge is 0.416 e. The van der Waals surface area contributed by atoms with Crippen LogP contribution in [0, 0.1) is 5.92 Å². The van der Waals surface area contributed by atoms with Crippen molar-refractivity contribution in [2.45, 2.75) is 37.8 Å². The van der Waals surface area contributed by atoms with Crippen molar-refractivity contribution in [1.29, 1.82) is 0 Å². The minimum absolute atomic E-state index is 0.126. The summed E-state index contributed by atoms with van der Waals surface area (Å²) in [7, 11) is 1.37. The lowest BCUT2D eigenvalue weighted by Gasteiger charge is -2.32. The zero-order valence-corrected chi connectivity index (χ0v) is 23.3. The first-order valence-electron chi connectivity index (χ1n) is 13.5. The molecule has 0 unspecified atom stereocenters. The maximum atomic E-state index is 13.5. The molecule has 2 aromatic carbocycles. The highest BCUT2D eigenvalue weighted by molar-refractivity contribution is 7.09. The lowest BCUT2D eigenvalue weighted by molar-refractivity contribution is -0.146. The van der Waals surface area contributed by atoms with Crippen LogP contribution in [0.1, 0.15) is 63.0 Å². The van der Waals surface area contributed by atoms with Gasteiger partial charge in [-0.25, -0.2) is 4.98 Å². The van der Waals surface area contributed by atoms with Gasteiger partial charge in [-0.05, 0) is 55.0 Å². The van der Waals surface area contributed by atoms with Crippen LogP contribution in [0.3, 0.4) is 0 Å². The number of hydrogen-bond acceptors (Lipinski definition) is 6. The first kappa shape index (κ1) is 28.8. The van der Waals surface area contributed by atoms with Crippen LogP contribution >= 0.6 is 11.3 Å². The minimum Gasteiger partial charge on any atom is -0.469 e. The maximum Gasteiger partial charge on any atom is 0.416 e. The van der Waals surface area contributed by atoms with Gasteiger partial charge in [-0.15, -0.1) is 11.3 Å². The molecule has 3 aromatic rings. The monoisotopic (exact) mass is 585 g/mol. The van der Waals surface area contributed by atoms with Crippen LogP contribution in [0.4, 0.5) is 13.2 Å².